The fraction of sp³-hybridized carbons (Fsp3) is 0.214. The van der Waals surface area contributed by atoms with Crippen LogP contribution in [0.3, 0.4) is 0 Å². The van der Waals surface area contributed by atoms with Crippen LogP contribution in [0.5, 0.6) is 0 Å². The second-order valence-corrected chi connectivity index (χ2v) is 8.26. The molecule has 7 heteroatoms. The molecule has 0 spiro atoms. The number of allylic oxidation sites excluding steroid dienone is 3. The third-order valence-corrected chi connectivity index (χ3v) is 6.09. The quantitative estimate of drug-likeness (QED) is 0.319. The molecule has 0 aliphatic heterocycles. The highest BCUT2D eigenvalue weighted by Crippen LogP contribution is 2.36. The lowest BCUT2D eigenvalue weighted by Gasteiger charge is -2.24. The van der Waals surface area contributed by atoms with E-state index in [9.17, 15) is 5.26 Å². The zero-order valence-electron chi connectivity index (χ0n) is 20.4. The molecule has 0 aliphatic rings. The first-order chi connectivity index (χ1) is 16.9. The normalized spacial score (nSPS) is 12.9. The summed E-state index contributed by atoms with van der Waals surface area (Å²) in [7, 11) is 1.92. The Morgan fingerprint density at radius 1 is 1.26 bits per heavy atom. The largest absolute Gasteiger partial charge is 0.376 e. The van der Waals surface area contributed by atoms with Crippen LogP contribution in [0.1, 0.15) is 36.5 Å². The summed E-state index contributed by atoms with van der Waals surface area (Å²) in [4.78, 5) is 10.0. The van der Waals surface area contributed by atoms with Gasteiger partial charge in [-0.1, -0.05) is 29.8 Å². The van der Waals surface area contributed by atoms with E-state index < -0.39 is 5.92 Å². The smallest absolute Gasteiger partial charge is 0.113 e. The Hall–Kier alpha value is -3.95. The van der Waals surface area contributed by atoms with E-state index in [2.05, 4.69) is 34.8 Å². The van der Waals surface area contributed by atoms with Crippen molar-refractivity contribution in [3.05, 3.63) is 88.9 Å². The Morgan fingerprint density at radius 2 is 1.97 bits per heavy atom. The summed E-state index contributed by atoms with van der Waals surface area (Å²) < 4.78 is 0. The van der Waals surface area contributed by atoms with Crippen LogP contribution in [0.2, 0.25) is 0 Å². The Morgan fingerprint density at radius 3 is 2.54 bits per heavy atom. The van der Waals surface area contributed by atoms with Crippen molar-refractivity contribution in [3.8, 4) is 6.07 Å². The van der Waals surface area contributed by atoms with Crippen LogP contribution < -0.4 is 5.32 Å². The van der Waals surface area contributed by atoms with Crippen LogP contribution in [-0.4, -0.2) is 38.1 Å². The van der Waals surface area contributed by atoms with Crippen molar-refractivity contribution in [3.63, 3.8) is 0 Å². The molecular weight excluding hydrogens is 456 g/mol. The molecule has 0 saturated carbocycles. The van der Waals surface area contributed by atoms with Crippen LogP contribution in [0, 0.1) is 16.7 Å². The lowest BCUT2D eigenvalue weighted by atomic mass is 9.93. The van der Waals surface area contributed by atoms with Gasteiger partial charge in [-0.05, 0) is 80.7 Å². The Labute approximate surface area is 213 Å². The van der Waals surface area contributed by atoms with Crippen LogP contribution in [0.15, 0.2) is 82.2 Å². The number of hydrogen-bond acceptors (Lipinski definition) is 6. The molecule has 2 aromatic rings. The number of nitriles is 1. The third-order valence-electron chi connectivity index (χ3n) is 5.56. The van der Waals surface area contributed by atoms with Crippen molar-refractivity contribution < 1.29 is 0 Å². The average Bonchev–Trinajstić information content (AvgIpc) is 2.88. The molecule has 0 saturated heterocycles. The number of nitrogens with one attached hydrogen (secondary N) is 2. The molecular formula is C28H31ClN6. The molecule has 6 nitrogen and oxygen atoms in total. The fourth-order valence-corrected chi connectivity index (χ4v) is 3.77. The van der Waals surface area contributed by atoms with Gasteiger partial charge < -0.3 is 15.6 Å². The van der Waals surface area contributed by atoms with Crippen LogP contribution >= 0.6 is 11.6 Å². The maximum atomic E-state index is 9.99. The number of hydrogen-bond donors (Lipinski definition) is 2. The summed E-state index contributed by atoms with van der Waals surface area (Å²) in [6.45, 7) is 12.0. The van der Waals surface area contributed by atoms with Crippen molar-refractivity contribution in [1.82, 2.24) is 4.90 Å². The molecule has 35 heavy (non-hydrogen) atoms. The number of benzene rings is 2. The van der Waals surface area contributed by atoms with E-state index in [0.29, 0.717) is 17.1 Å². The van der Waals surface area contributed by atoms with Crippen molar-refractivity contribution >= 4 is 47.7 Å². The zero-order chi connectivity index (χ0) is 25.8. The van der Waals surface area contributed by atoms with Gasteiger partial charge in [-0.2, -0.15) is 5.26 Å². The van der Waals surface area contributed by atoms with Gasteiger partial charge in [-0.15, -0.1) is 0 Å². The second-order valence-electron chi connectivity index (χ2n) is 7.89. The summed E-state index contributed by atoms with van der Waals surface area (Å²) in [5.74, 6) is -0.533. The van der Waals surface area contributed by atoms with Gasteiger partial charge in [0.15, 0.2) is 0 Å². The minimum atomic E-state index is -0.533. The Bertz CT molecular complexity index is 1180. The average molecular weight is 487 g/mol. The van der Waals surface area contributed by atoms with Gasteiger partial charge in [0, 0.05) is 48.5 Å². The fourth-order valence-electron chi connectivity index (χ4n) is 3.55. The molecule has 2 rings (SSSR count). The molecule has 1 unspecified atom stereocenters. The standard InChI is InChI=1S/C28H31ClN6/c1-6-35(5)27(19-32-3)25(18-31)22-10-13-26(33-4)24(17-22)28(29)20(2)16-21-8-11-23(12-9-21)34-15-7-14-30/h7-15,17,19,25,30,34H,3-4,6,16H2,1-2,5H3/b15-7-,27-19-,28-20-,30-14?. The predicted molar refractivity (Wildman–Crippen MR) is 150 cm³/mol. The summed E-state index contributed by atoms with van der Waals surface area (Å²) in [6.07, 6.45) is 6.82. The molecule has 1 atom stereocenters. The van der Waals surface area contributed by atoms with Crippen LogP contribution in [-0.2, 0) is 6.42 Å². The number of nitrogens with zero attached hydrogens (tertiary/aromatic N) is 4. The van der Waals surface area contributed by atoms with Crippen LogP contribution in [0.4, 0.5) is 11.4 Å². The minimum Gasteiger partial charge on any atom is -0.376 e. The number of likely N-dealkylation sites (N-methyl/N-ethyl adjacent to an activating group) is 1. The predicted octanol–water partition coefficient (Wildman–Crippen LogP) is 6.91. The number of halogens is 1. The molecule has 0 aromatic heterocycles. The highest BCUT2D eigenvalue weighted by Gasteiger charge is 2.21. The molecule has 0 radical (unpaired) electrons. The van der Waals surface area contributed by atoms with Crippen molar-refractivity contribution in [1.29, 1.82) is 10.7 Å². The lowest BCUT2D eigenvalue weighted by Crippen LogP contribution is -2.21. The summed E-state index contributed by atoms with van der Waals surface area (Å²) in [6, 6.07) is 16.0. The number of rotatable bonds is 12. The molecule has 180 valence electrons. The van der Waals surface area contributed by atoms with Gasteiger partial charge in [0.25, 0.3) is 0 Å². The summed E-state index contributed by atoms with van der Waals surface area (Å²) in [5.41, 5.74) is 5.96. The molecule has 2 N–H and O–H groups in total. The van der Waals surface area contributed by atoms with E-state index in [4.69, 9.17) is 17.0 Å². The SMILES string of the molecule is C=N/C=C(/C(C#N)c1ccc(N=C)c(/C(Cl)=C(\C)Cc2ccc(N/C=C\C=N)cc2)c1)N(C)CC. The van der Waals surface area contributed by atoms with Gasteiger partial charge >= 0.3 is 0 Å². The van der Waals surface area contributed by atoms with Gasteiger partial charge in [-0.25, -0.2) is 0 Å². The Kier molecular flexibility index (Phi) is 10.7. The van der Waals surface area contributed by atoms with E-state index >= 15 is 0 Å². The third kappa shape index (κ3) is 7.26. The van der Waals surface area contributed by atoms with Gasteiger partial charge in [0.05, 0.1) is 17.5 Å². The lowest BCUT2D eigenvalue weighted by molar-refractivity contribution is 0.421. The number of aliphatic imine (C=N–C) groups is 2. The molecule has 0 bridgehead atoms. The van der Waals surface area contributed by atoms with E-state index in [1.165, 1.54) is 6.21 Å². The maximum Gasteiger partial charge on any atom is 0.113 e. The van der Waals surface area contributed by atoms with E-state index in [-0.39, 0.29) is 0 Å². The topological polar surface area (TPSA) is 87.6 Å². The van der Waals surface area contributed by atoms with E-state index in [1.54, 1.807) is 18.5 Å². The summed E-state index contributed by atoms with van der Waals surface area (Å²) in [5, 5.41) is 20.7. The van der Waals surface area contributed by atoms with E-state index in [1.807, 2.05) is 68.3 Å². The van der Waals surface area contributed by atoms with Crippen molar-refractivity contribution in [2.24, 2.45) is 9.98 Å². The van der Waals surface area contributed by atoms with E-state index in [0.717, 1.165) is 40.2 Å². The zero-order valence-corrected chi connectivity index (χ0v) is 21.2. The van der Waals surface area contributed by atoms with Crippen LogP contribution in [0.25, 0.3) is 5.03 Å². The Balaban J connectivity index is 2.41. The van der Waals surface area contributed by atoms with Gasteiger partial charge in [0.2, 0.25) is 0 Å². The van der Waals surface area contributed by atoms with Crippen molar-refractivity contribution in [2.45, 2.75) is 26.2 Å². The molecule has 0 fully saturated rings. The van der Waals surface area contributed by atoms with Crippen molar-refractivity contribution in [2.75, 3.05) is 18.9 Å². The second kappa shape index (κ2) is 13.7. The first kappa shape index (κ1) is 27.3. The summed E-state index contributed by atoms with van der Waals surface area (Å²) >= 11 is 6.87. The molecule has 0 aliphatic carbocycles. The first-order valence-electron chi connectivity index (χ1n) is 11.1. The maximum absolute atomic E-state index is 9.99. The number of anilines is 1. The minimum absolute atomic E-state index is 0.533. The highest BCUT2D eigenvalue weighted by atomic mass is 35.5. The van der Waals surface area contributed by atoms with Gasteiger partial charge in [0.1, 0.15) is 5.92 Å². The molecule has 2 aromatic carbocycles. The monoisotopic (exact) mass is 486 g/mol. The molecule has 0 heterocycles. The van der Waals surface area contributed by atoms with Gasteiger partial charge in [-0.3, -0.25) is 9.98 Å². The molecule has 0 amide bonds. The first-order valence-corrected chi connectivity index (χ1v) is 11.5. The highest BCUT2D eigenvalue weighted by molar-refractivity contribution is 6.49.